The van der Waals surface area contributed by atoms with Crippen LogP contribution < -0.4 is 16.2 Å². The molecular formula is C14H23N3O3S. The summed E-state index contributed by atoms with van der Waals surface area (Å²) in [5, 5.41) is 7.68. The zero-order valence-corrected chi connectivity index (χ0v) is 13.4. The number of amides is 1. The predicted molar refractivity (Wildman–Crippen MR) is 83.1 cm³/mol. The van der Waals surface area contributed by atoms with Gasteiger partial charge in [-0.25, -0.2) is 13.6 Å². The molecule has 6 nitrogen and oxygen atoms in total. The van der Waals surface area contributed by atoms with Gasteiger partial charge in [-0.1, -0.05) is 20.8 Å². The van der Waals surface area contributed by atoms with Crippen molar-refractivity contribution in [2.45, 2.75) is 44.6 Å². The molecule has 0 aromatic heterocycles. The first kappa shape index (κ1) is 17.6. The average Bonchev–Trinajstić information content (AvgIpc) is 2.25. The summed E-state index contributed by atoms with van der Waals surface area (Å²) in [5.41, 5.74) is 6.51. The number of benzene rings is 1. The number of rotatable bonds is 5. The Labute approximate surface area is 126 Å². The molecule has 7 heteroatoms. The number of nitrogens with two attached hydrogens (primary N) is 2. The van der Waals surface area contributed by atoms with Gasteiger partial charge < -0.3 is 11.1 Å². The van der Waals surface area contributed by atoms with E-state index in [1.807, 2.05) is 0 Å². The molecule has 1 rings (SSSR count). The summed E-state index contributed by atoms with van der Waals surface area (Å²) >= 11 is 0. The highest BCUT2D eigenvalue weighted by atomic mass is 32.2. The highest BCUT2D eigenvalue weighted by Gasteiger charge is 2.18. The molecule has 0 bridgehead atoms. The number of anilines is 1. The number of nitrogens with one attached hydrogen (secondary N) is 1. The Morgan fingerprint density at radius 3 is 2.19 bits per heavy atom. The second-order valence-corrected chi connectivity index (χ2v) is 7.91. The average molecular weight is 313 g/mol. The summed E-state index contributed by atoms with van der Waals surface area (Å²) in [7, 11) is -3.72. The highest BCUT2D eigenvalue weighted by molar-refractivity contribution is 7.89. The lowest BCUT2D eigenvalue weighted by Gasteiger charge is -2.22. The largest absolute Gasteiger partial charge is 0.327 e. The van der Waals surface area contributed by atoms with Gasteiger partial charge in [-0.2, -0.15) is 0 Å². The summed E-state index contributed by atoms with van der Waals surface area (Å²) < 4.78 is 22.2. The molecule has 1 atom stereocenters. The molecule has 118 valence electrons. The molecule has 0 radical (unpaired) electrons. The van der Waals surface area contributed by atoms with Gasteiger partial charge in [-0.3, -0.25) is 4.79 Å². The third kappa shape index (κ3) is 6.70. The second-order valence-electron chi connectivity index (χ2n) is 6.35. The van der Waals surface area contributed by atoms with Crippen molar-refractivity contribution < 1.29 is 13.2 Å². The van der Waals surface area contributed by atoms with Crippen LogP contribution in [0.15, 0.2) is 29.2 Å². The molecule has 1 aromatic carbocycles. The van der Waals surface area contributed by atoms with E-state index in [1.54, 1.807) is 0 Å². The number of carbonyl (C=O) groups excluding carboxylic acids is 1. The monoisotopic (exact) mass is 313 g/mol. The number of carbonyl (C=O) groups is 1. The fraction of sp³-hybridized carbons (Fsp3) is 0.500. The van der Waals surface area contributed by atoms with Gasteiger partial charge in [0.25, 0.3) is 0 Å². The van der Waals surface area contributed by atoms with Crippen molar-refractivity contribution in [1.29, 1.82) is 0 Å². The Hall–Kier alpha value is -1.44. The third-order valence-corrected chi connectivity index (χ3v) is 3.72. The minimum absolute atomic E-state index is 0.00457. The van der Waals surface area contributed by atoms with Gasteiger partial charge in [-0.05, 0) is 36.1 Å². The molecule has 0 heterocycles. The van der Waals surface area contributed by atoms with Crippen LogP contribution in [0.5, 0.6) is 0 Å². The van der Waals surface area contributed by atoms with Crippen molar-refractivity contribution in [3.8, 4) is 0 Å². The molecule has 0 saturated heterocycles. The van der Waals surface area contributed by atoms with Gasteiger partial charge in [0.15, 0.2) is 0 Å². The van der Waals surface area contributed by atoms with E-state index in [-0.39, 0.29) is 28.7 Å². The molecular weight excluding hydrogens is 290 g/mol. The topological polar surface area (TPSA) is 115 Å². The summed E-state index contributed by atoms with van der Waals surface area (Å²) in [6.45, 7) is 6.20. The lowest BCUT2D eigenvalue weighted by molar-refractivity contribution is -0.116. The van der Waals surface area contributed by atoms with Gasteiger partial charge in [0, 0.05) is 18.2 Å². The molecule has 5 N–H and O–H groups in total. The van der Waals surface area contributed by atoms with Crippen molar-refractivity contribution in [2.24, 2.45) is 16.3 Å². The van der Waals surface area contributed by atoms with Gasteiger partial charge in [0.05, 0.1) is 4.90 Å². The van der Waals surface area contributed by atoms with E-state index < -0.39 is 10.0 Å². The predicted octanol–water partition coefficient (Wildman–Crippen LogP) is 1.43. The number of sulfonamides is 1. The van der Waals surface area contributed by atoms with Crippen molar-refractivity contribution >= 4 is 21.6 Å². The van der Waals surface area contributed by atoms with Crippen LogP contribution in [0.1, 0.15) is 33.6 Å². The van der Waals surface area contributed by atoms with Crippen molar-refractivity contribution in [1.82, 2.24) is 0 Å². The lowest BCUT2D eigenvalue weighted by atomic mass is 9.87. The van der Waals surface area contributed by atoms with Crippen LogP contribution in [0.4, 0.5) is 5.69 Å². The van der Waals surface area contributed by atoms with Crippen molar-refractivity contribution in [2.75, 3.05) is 5.32 Å². The Morgan fingerprint density at radius 2 is 1.76 bits per heavy atom. The fourth-order valence-corrected chi connectivity index (χ4v) is 2.55. The van der Waals surface area contributed by atoms with Gasteiger partial charge in [0.1, 0.15) is 0 Å². The number of hydrogen-bond acceptors (Lipinski definition) is 4. The lowest BCUT2D eigenvalue weighted by Crippen LogP contribution is -2.31. The molecule has 0 aliphatic heterocycles. The summed E-state index contributed by atoms with van der Waals surface area (Å²) in [6, 6.07) is 5.47. The first-order valence-electron chi connectivity index (χ1n) is 6.66. The van der Waals surface area contributed by atoms with E-state index in [9.17, 15) is 13.2 Å². The van der Waals surface area contributed by atoms with Crippen molar-refractivity contribution in [3.63, 3.8) is 0 Å². The normalized spacial score (nSPS) is 13.8. The van der Waals surface area contributed by atoms with Crippen molar-refractivity contribution in [3.05, 3.63) is 24.3 Å². The van der Waals surface area contributed by atoms with Crippen LogP contribution in [-0.4, -0.2) is 20.4 Å². The zero-order valence-electron chi connectivity index (χ0n) is 12.6. The number of primary sulfonamides is 1. The zero-order chi connectivity index (χ0) is 16.3. The van der Waals surface area contributed by atoms with E-state index in [1.165, 1.54) is 24.3 Å². The smallest absolute Gasteiger partial charge is 0.238 e. The summed E-state index contributed by atoms with van der Waals surface area (Å²) in [6.07, 6.45) is 0.957. The maximum atomic E-state index is 11.9. The van der Waals surface area contributed by atoms with Crippen LogP contribution in [-0.2, 0) is 14.8 Å². The van der Waals surface area contributed by atoms with E-state index in [0.29, 0.717) is 5.69 Å². The first-order valence-corrected chi connectivity index (χ1v) is 8.20. The maximum absolute atomic E-state index is 11.9. The molecule has 0 aliphatic carbocycles. The SMILES string of the molecule is CC(C)(C)CC(N)CC(=O)Nc1ccc(S(N)(=O)=O)cc1. The maximum Gasteiger partial charge on any atom is 0.238 e. The molecule has 0 aliphatic rings. The van der Waals surface area contributed by atoms with E-state index in [4.69, 9.17) is 10.9 Å². The van der Waals surface area contributed by atoms with Crippen LogP contribution in [0.3, 0.4) is 0 Å². The van der Waals surface area contributed by atoms with Crippen LogP contribution >= 0.6 is 0 Å². The molecule has 1 unspecified atom stereocenters. The minimum Gasteiger partial charge on any atom is -0.327 e. The Kier molecular flexibility index (Phi) is 5.49. The van der Waals surface area contributed by atoms with Crippen LogP contribution in [0.25, 0.3) is 0 Å². The molecule has 1 amide bonds. The highest BCUT2D eigenvalue weighted by Crippen LogP contribution is 2.21. The molecule has 1 aromatic rings. The Bertz CT molecular complexity index is 589. The standard InChI is InChI=1S/C14H23N3O3S/c1-14(2,3)9-10(15)8-13(18)17-11-4-6-12(7-5-11)21(16,19)20/h4-7,10H,8-9,15H2,1-3H3,(H,17,18)(H2,16,19,20). The van der Waals surface area contributed by atoms with E-state index in [0.717, 1.165) is 6.42 Å². The van der Waals surface area contributed by atoms with Crippen LogP contribution in [0.2, 0.25) is 0 Å². The number of hydrogen-bond donors (Lipinski definition) is 3. The van der Waals surface area contributed by atoms with E-state index in [2.05, 4.69) is 26.1 Å². The second kappa shape index (κ2) is 6.55. The molecule has 0 saturated carbocycles. The van der Waals surface area contributed by atoms with Gasteiger partial charge in [0.2, 0.25) is 15.9 Å². The summed E-state index contributed by atoms with van der Waals surface area (Å²) in [5.74, 6) is -0.199. The van der Waals surface area contributed by atoms with Gasteiger partial charge >= 0.3 is 0 Å². The van der Waals surface area contributed by atoms with E-state index >= 15 is 0 Å². The minimum atomic E-state index is -3.72. The van der Waals surface area contributed by atoms with Gasteiger partial charge in [-0.15, -0.1) is 0 Å². The fourth-order valence-electron chi connectivity index (χ4n) is 2.04. The molecule has 0 spiro atoms. The summed E-state index contributed by atoms with van der Waals surface area (Å²) in [4.78, 5) is 11.9. The third-order valence-electron chi connectivity index (χ3n) is 2.79. The Morgan fingerprint density at radius 1 is 1.24 bits per heavy atom. The molecule has 0 fully saturated rings. The molecule has 21 heavy (non-hydrogen) atoms. The quantitative estimate of drug-likeness (QED) is 0.762. The Balaban J connectivity index is 2.59. The first-order chi connectivity index (χ1) is 9.47. The van der Waals surface area contributed by atoms with Crippen LogP contribution in [0, 0.1) is 5.41 Å².